The summed E-state index contributed by atoms with van der Waals surface area (Å²) in [6.45, 7) is 0.0990. The number of hydrogen-bond donors (Lipinski definition) is 4. The number of anilines is 1. The van der Waals surface area contributed by atoms with Gasteiger partial charge >= 0.3 is 5.97 Å². The van der Waals surface area contributed by atoms with Crippen molar-refractivity contribution in [3.63, 3.8) is 0 Å². The Morgan fingerprint density at radius 3 is 2.69 bits per heavy atom. The molecule has 0 radical (unpaired) electrons. The summed E-state index contributed by atoms with van der Waals surface area (Å²) >= 11 is 0. The number of nitrogens with two attached hydrogens (primary N) is 1. The van der Waals surface area contributed by atoms with Gasteiger partial charge in [-0.15, -0.1) is 5.10 Å². The van der Waals surface area contributed by atoms with E-state index < -0.39 is 17.3 Å². The molecule has 1 aliphatic carbocycles. The van der Waals surface area contributed by atoms with E-state index in [9.17, 15) is 9.59 Å². The Bertz CT molecular complexity index is 437. The monoisotopic (exact) mass is 225 g/mol. The first-order valence-corrected chi connectivity index (χ1v) is 4.73. The highest BCUT2D eigenvalue weighted by molar-refractivity contribution is 5.91. The average molecular weight is 225 g/mol. The minimum absolute atomic E-state index is 0.0151. The van der Waals surface area contributed by atoms with Crippen molar-refractivity contribution in [2.75, 3.05) is 12.3 Å². The Balaban J connectivity index is 1.92. The van der Waals surface area contributed by atoms with Crippen molar-refractivity contribution >= 4 is 17.8 Å². The lowest BCUT2D eigenvalue weighted by Gasteiger charge is -2.09. The third kappa shape index (κ3) is 1.81. The zero-order chi connectivity index (χ0) is 11.8. The van der Waals surface area contributed by atoms with Crippen LogP contribution in [0, 0.1) is 5.41 Å². The van der Waals surface area contributed by atoms with E-state index in [-0.39, 0.29) is 18.3 Å². The number of hydrogen-bond acceptors (Lipinski definition) is 5. The quantitative estimate of drug-likeness (QED) is 0.518. The summed E-state index contributed by atoms with van der Waals surface area (Å²) in [6.07, 6.45) is 1.17. The fourth-order valence-electron chi connectivity index (χ4n) is 1.33. The van der Waals surface area contributed by atoms with Gasteiger partial charge in [-0.05, 0) is 12.8 Å². The molecule has 0 unspecified atom stereocenters. The van der Waals surface area contributed by atoms with Crippen molar-refractivity contribution in [1.29, 1.82) is 0 Å². The molecule has 0 aromatic carbocycles. The molecule has 0 atom stereocenters. The molecule has 8 nitrogen and oxygen atoms in total. The highest BCUT2D eigenvalue weighted by Gasteiger charge is 2.50. The van der Waals surface area contributed by atoms with Crippen LogP contribution in [0.2, 0.25) is 0 Å². The summed E-state index contributed by atoms with van der Waals surface area (Å²) in [7, 11) is 0. The van der Waals surface area contributed by atoms with Gasteiger partial charge in [-0.2, -0.15) is 4.98 Å². The summed E-state index contributed by atoms with van der Waals surface area (Å²) in [6, 6.07) is 0. The van der Waals surface area contributed by atoms with Gasteiger partial charge in [0.2, 0.25) is 11.8 Å². The first-order valence-electron chi connectivity index (χ1n) is 4.73. The van der Waals surface area contributed by atoms with Crippen molar-refractivity contribution in [1.82, 2.24) is 20.5 Å². The van der Waals surface area contributed by atoms with Gasteiger partial charge in [0, 0.05) is 6.54 Å². The van der Waals surface area contributed by atoms with Crippen LogP contribution in [0.25, 0.3) is 0 Å². The van der Waals surface area contributed by atoms with E-state index in [0.717, 1.165) is 0 Å². The van der Waals surface area contributed by atoms with E-state index >= 15 is 0 Å². The molecule has 1 fully saturated rings. The Hall–Kier alpha value is -2.12. The van der Waals surface area contributed by atoms with Crippen molar-refractivity contribution in [3.8, 4) is 0 Å². The van der Waals surface area contributed by atoms with Crippen molar-refractivity contribution < 1.29 is 14.7 Å². The number of nitrogens with one attached hydrogen (secondary N) is 2. The van der Waals surface area contributed by atoms with E-state index in [0.29, 0.717) is 12.8 Å². The summed E-state index contributed by atoms with van der Waals surface area (Å²) in [5.74, 6) is -1.43. The maximum absolute atomic E-state index is 11.5. The van der Waals surface area contributed by atoms with Crippen LogP contribution in [0.5, 0.6) is 0 Å². The Morgan fingerprint density at radius 1 is 1.56 bits per heavy atom. The number of carboxylic acid groups (broad SMARTS) is 1. The Kier molecular flexibility index (Phi) is 2.26. The maximum Gasteiger partial charge on any atom is 0.311 e. The lowest BCUT2D eigenvalue weighted by Crippen LogP contribution is -2.34. The topological polar surface area (TPSA) is 134 Å². The zero-order valence-corrected chi connectivity index (χ0v) is 8.36. The molecule has 0 saturated heterocycles. The molecule has 1 saturated carbocycles. The molecular formula is C8H11N5O3. The molecule has 1 aliphatic rings. The molecular weight excluding hydrogens is 214 g/mol. The number of aromatic amines is 1. The molecule has 5 N–H and O–H groups in total. The van der Waals surface area contributed by atoms with Crippen molar-refractivity contribution in [3.05, 3.63) is 5.82 Å². The molecule has 1 aromatic heterocycles. The highest BCUT2D eigenvalue weighted by Crippen LogP contribution is 2.45. The minimum Gasteiger partial charge on any atom is -0.481 e. The van der Waals surface area contributed by atoms with Crippen LogP contribution >= 0.6 is 0 Å². The number of aromatic nitrogens is 3. The number of carbonyl (C=O) groups is 2. The number of rotatable bonds is 4. The zero-order valence-electron chi connectivity index (χ0n) is 8.36. The molecule has 0 spiro atoms. The molecule has 16 heavy (non-hydrogen) atoms. The minimum atomic E-state index is -0.884. The van der Waals surface area contributed by atoms with Gasteiger partial charge in [-0.25, -0.2) is 0 Å². The van der Waals surface area contributed by atoms with Crippen molar-refractivity contribution in [2.45, 2.75) is 12.8 Å². The van der Waals surface area contributed by atoms with Crippen LogP contribution in [0.1, 0.15) is 23.5 Å². The average Bonchev–Trinajstić information content (AvgIpc) is 2.92. The second-order valence-corrected chi connectivity index (χ2v) is 3.81. The summed E-state index contributed by atoms with van der Waals surface area (Å²) in [5, 5.41) is 17.2. The van der Waals surface area contributed by atoms with Crippen LogP contribution < -0.4 is 11.1 Å². The second kappa shape index (κ2) is 3.47. The number of aliphatic carboxylic acids is 1. The summed E-state index contributed by atoms with van der Waals surface area (Å²) in [5.41, 5.74) is 4.44. The predicted molar refractivity (Wildman–Crippen MR) is 52.4 cm³/mol. The number of nitrogen functional groups attached to an aromatic ring is 1. The number of H-pyrrole nitrogens is 1. The number of carbonyl (C=O) groups excluding carboxylic acids is 1. The summed E-state index contributed by atoms with van der Waals surface area (Å²) in [4.78, 5) is 25.9. The second-order valence-electron chi connectivity index (χ2n) is 3.81. The molecule has 86 valence electrons. The molecule has 2 rings (SSSR count). The Labute approximate surface area is 90.2 Å². The molecule has 0 bridgehead atoms. The van der Waals surface area contributed by atoms with E-state index in [2.05, 4.69) is 20.5 Å². The molecule has 8 heteroatoms. The third-order valence-corrected chi connectivity index (χ3v) is 2.61. The maximum atomic E-state index is 11.5. The van der Waals surface area contributed by atoms with E-state index in [1.54, 1.807) is 0 Å². The third-order valence-electron chi connectivity index (χ3n) is 2.61. The molecule has 0 aliphatic heterocycles. The smallest absolute Gasteiger partial charge is 0.311 e. The lowest BCUT2D eigenvalue weighted by molar-refractivity contribution is -0.143. The van der Waals surface area contributed by atoms with Gasteiger partial charge in [0.25, 0.3) is 5.91 Å². The number of carboxylic acids is 1. The van der Waals surface area contributed by atoms with E-state index in [4.69, 9.17) is 10.8 Å². The van der Waals surface area contributed by atoms with Crippen molar-refractivity contribution in [2.24, 2.45) is 5.41 Å². The number of nitrogens with zero attached hydrogens (tertiary/aromatic N) is 2. The van der Waals surface area contributed by atoms with Gasteiger partial charge in [0.1, 0.15) is 0 Å². The highest BCUT2D eigenvalue weighted by atomic mass is 16.4. The molecule has 1 aromatic rings. The largest absolute Gasteiger partial charge is 0.481 e. The SMILES string of the molecule is Nc1n[nH]c(C(=O)NCC2(C(=O)O)CC2)n1. The predicted octanol–water partition coefficient (Wildman–Crippen LogP) is -1.02. The standard InChI is InChI=1S/C8H11N5O3/c9-7-11-4(12-13-7)5(14)10-3-8(1-2-8)6(15)16/h1-3H2,(H,10,14)(H,15,16)(H3,9,11,12,13). The van der Waals surface area contributed by atoms with Crippen LogP contribution in [0.15, 0.2) is 0 Å². The fraction of sp³-hybridized carbons (Fsp3) is 0.500. The first-order chi connectivity index (χ1) is 7.53. The van der Waals surface area contributed by atoms with Crippen LogP contribution in [-0.4, -0.2) is 38.7 Å². The van der Waals surface area contributed by atoms with Gasteiger partial charge in [0.15, 0.2) is 0 Å². The Morgan fingerprint density at radius 2 is 2.25 bits per heavy atom. The van der Waals surface area contributed by atoms with Crippen LogP contribution in [0.4, 0.5) is 5.95 Å². The fourth-order valence-corrected chi connectivity index (χ4v) is 1.33. The van der Waals surface area contributed by atoms with E-state index in [1.807, 2.05) is 0 Å². The van der Waals surface area contributed by atoms with Gasteiger partial charge in [0.05, 0.1) is 5.41 Å². The first kappa shape index (κ1) is 10.4. The van der Waals surface area contributed by atoms with Gasteiger partial charge < -0.3 is 16.2 Å². The van der Waals surface area contributed by atoms with Crippen LogP contribution in [-0.2, 0) is 4.79 Å². The van der Waals surface area contributed by atoms with Crippen LogP contribution in [0.3, 0.4) is 0 Å². The number of amides is 1. The molecule has 1 heterocycles. The normalized spacial score (nSPS) is 16.8. The van der Waals surface area contributed by atoms with E-state index in [1.165, 1.54) is 0 Å². The van der Waals surface area contributed by atoms with Gasteiger partial charge in [-0.3, -0.25) is 14.7 Å². The summed E-state index contributed by atoms with van der Waals surface area (Å²) < 4.78 is 0. The van der Waals surface area contributed by atoms with Gasteiger partial charge in [-0.1, -0.05) is 0 Å². The lowest BCUT2D eigenvalue weighted by atomic mass is 10.1. The molecule has 1 amide bonds.